The third-order valence-electron chi connectivity index (χ3n) is 4.23. The first-order valence-electron chi connectivity index (χ1n) is 8.25. The number of rotatable bonds is 6. The summed E-state index contributed by atoms with van der Waals surface area (Å²) in [6.07, 6.45) is 7.24. The lowest BCUT2D eigenvalue weighted by molar-refractivity contribution is -0.0116. The van der Waals surface area contributed by atoms with E-state index < -0.39 is 0 Å². The van der Waals surface area contributed by atoms with Gasteiger partial charge in [0.1, 0.15) is 17.6 Å². The summed E-state index contributed by atoms with van der Waals surface area (Å²) in [7, 11) is 0. The molecule has 0 aromatic carbocycles. The molecule has 5 heteroatoms. The molecule has 0 amide bonds. The van der Waals surface area contributed by atoms with E-state index in [0.29, 0.717) is 6.04 Å². The lowest BCUT2D eigenvalue weighted by atomic mass is 9.98. The molecule has 2 aromatic heterocycles. The monoisotopic (exact) mass is 303 g/mol. The second-order valence-electron chi connectivity index (χ2n) is 5.77. The van der Waals surface area contributed by atoms with Gasteiger partial charge in [-0.25, -0.2) is 0 Å². The number of aryl methyl sites for hydroxylation is 2. The van der Waals surface area contributed by atoms with Gasteiger partial charge in [-0.15, -0.1) is 0 Å². The van der Waals surface area contributed by atoms with Gasteiger partial charge in [0.05, 0.1) is 12.7 Å². The van der Waals surface area contributed by atoms with Crippen molar-refractivity contribution in [2.75, 3.05) is 6.61 Å². The van der Waals surface area contributed by atoms with Gasteiger partial charge in [0.15, 0.2) is 0 Å². The molecule has 0 bridgehead atoms. The number of hydrogen-bond acceptors (Lipinski definition) is 4. The highest BCUT2D eigenvalue weighted by Gasteiger charge is 2.28. The van der Waals surface area contributed by atoms with E-state index in [1.165, 1.54) is 0 Å². The standard InChI is InChI=1S/C17H25N3O2/c1-3-14-7-8-15(22-14)11-18-16-6-5-9-21-17(16)13-10-19-20(4-2)12-13/h7-8,10,12,16-18H,3-6,9,11H2,1-2H3/t16-,17+/m0/s1. The Bertz CT molecular complexity index is 590. The number of ether oxygens (including phenoxy) is 1. The second-order valence-corrected chi connectivity index (χ2v) is 5.77. The first-order chi connectivity index (χ1) is 10.8. The Labute approximate surface area is 131 Å². The van der Waals surface area contributed by atoms with E-state index in [0.717, 1.165) is 56.0 Å². The number of nitrogens with zero attached hydrogens (tertiary/aromatic N) is 2. The van der Waals surface area contributed by atoms with Gasteiger partial charge in [-0.1, -0.05) is 6.92 Å². The summed E-state index contributed by atoms with van der Waals surface area (Å²) in [5, 5.41) is 7.96. The van der Waals surface area contributed by atoms with E-state index in [2.05, 4.69) is 42.6 Å². The molecule has 0 radical (unpaired) electrons. The average molecular weight is 303 g/mol. The largest absolute Gasteiger partial charge is 0.465 e. The third-order valence-corrected chi connectivity index (χ3v) is 4.23. The minimum atomic E-state index is 0.0784. The molecule has 5 nitrogen and oxygen atoms in total. The summed E-state index contributed by atoms with van der Waals surface area (Å²) in [5.74, 6) is 2.03. The zero-order valence-electron chi connectivity index (χ0n) is 13.4. The molecule has 0 aliphatic carbocycles. The maximum atomic E-state index is 6.00. The Hall–Kier alpha value is -1.59. The summed E-state index contributed by atoms with van der Waals surface area (Å²) >= 11 is 0. The van der Waals surface area contributed by atoms with E-state index in [1.54, 1.807) is 0 Å². The predicted molar refractivity (Wildman–Crippen MR) is 84.5 cm³/mol. The fourth-order valence-corrected chi connectivity index (χ4v) is 2.96. The smallest absolute Gasteiger partial charge is 0.117 e. The molecule has 120 valence electrons. The fourth-order valence-electron chi connectivity index (χ4n) is 2.96. The Morgan fingerprint density at radius 2 is 2.18 bits per heavy atom. The maximum absolute atomic E-state index is 6.00. The molecule has 22 heavy (non-hydrogen) atoms. The minimum Gasteiger partial charge on any atom is -0.465 e. The molecular formula is C17H25N3O2. The van der Waals surface area contributed by atoms with Gasteiger partial charge in [0.2, 0.25) is 0 Å². The summed E-state index contributed by atoms with van der Waals surface area (Å²) in [4.78, 5) is 0. The lowest BCUT2D eigenvalue weighted by Crippen LogP contribution is -2.38. The van der Waals surface area contributed by atoms with Crippen molar-refractivity contribution in [3.63, 3.8) is 0 Å². The zero-order chi connectivity index (χ0) is 15.4. The van der Waals surface area contributed by atoms with Crippen molar-refractivity contribution < 1.29 is 9.15 Å². The molecular weight excluding hydrogens is 278 g/mol. The van der Waals surface area contributed by atoms with Crippen LogP contribution in [0.15, 0.2) is 28.9 Å². The highest BCUT2D eigenvalue weighted by atomic mass is 16.5. The summed E-state index contributed by atoms with van der Waals surface area (Å²) < 4.78 is 13.7. The number of aromatic nitrogens is 2. The molecule has 0 unspecified atom stereocenters. The quantitative estimate of drug-likeness (QED) is 0.891. The third kappa shape index (κ3) is 3.42. The minimum absolute atomic E-state index is 0.0784. The Kier molecular flexibility index (Phi) is 4.95. The van der Waals surface area contributed by atoms with Crippen molar-refractivity contribution in [3.05, 3.63) is 41.6 Å². The van der Waals surface area contributed by atoms with Crippen LogP contribution in [0.5, 0.6) is 0 Å². The van der Waals surface area contributed by atoms with Crippen LogP contribution in [0.3, 0.4) is 0 Å². The highest BCUT2D eigenvalue weighted by molar-refractivity contribution is 5.13. The van der Waals surface area contributed by atoms with Crippen LogP contribution in [-0.2, 0) is 24.2 Å². The SMILES string of the molecule is CCc1ccc(CN[C@H]2CCCO[C@@H]2c2cnn(CC)c2)o1. The van der Waals surface area contributed by atoms with Crippen LogP contribution in [0.4, 0.5) is 0 Å². The van der Waals surface area contributed by atoms with Gasteiger partial charge in [-0.2, -0.15) is 5.10 Å². The predicted octanol–water partition coefficient (Wildman–Crippen LogP) is 3.07. The molecule has 3 rings (SSSR count). The first kappa shape index (κ1) is 15.3. The molecule has 0 saturated carbocycles. The molecule has 3 heterocycles. The van der Waals surface area contributed by atoms with Crippen molar-refractivity contribution in [3.8, 4) is 0 Å². The van der Waals surface area contributed by atoms with Gasteiger partial charge in [0.25, 0.3) is 0 Å². The maximum Gasteiger partial charge on any atom is 0.117 e. The normalized spacial score (nSPS) is 22.1. The number of furan rings is 1. The zero-order valence-corrected chi connectivity index (χ0v) is 13.4. The van der Waals surface area contributed by atoms with Gasteiger partial charge in [-0.05, 0) is 31.9 Å². The Morgan fingerprint density at radius 1 is 1.32 bits per heavy atom. The summed E-state index contributed by atoms with van der Waals surface area (Å²) in [6, 6.07) is 4.41. The Balaban J connectivity index is 1.64. The van der Waals surface area contributed by atoms with Gasteiger partial charge < -0.3 is 14.5 Å². The second kappa shape index (κ2) is 7.11. The summed E-state index contributed by atoms with van der Waals surface area (Å²) in [5.41, 5.74) is 1.16. The van der Waals surface area contributed by atoms with Crippen LogP contribution in [0.2, 0.25) is 0 Å². The van der Waals surface area contributed by atoms with E-state index in [-0.39, 0.29) is 6.10 Å². The van der Waals surface area contributed by atoms with Gasteiger partial charge in [-0.3, -0.25) is 4.68 Å². The average Bonchev–Trinajstić information content (AvgIpc) is 3.22. The molecule has 1 aliphatic heterocycles. The molecule has 0 spiro atoms. The van der Waals surface area contributed by atoms with Crippen LogP contribution in [0.1, 0.15) is 49.9 Å². The molecule has 1 saturated heterocycles. The van der Waals surface area contributed by atoms with Crippen molar-refractivity contribution in [1.29, 1.82) is 0 Å². The van der Waals surface area contributed by atoms with Crippen molar-refractivity contribution in [2.24, 2.45) is 0 Å². The first-order valence-corrected chi connectivity index (χ1v) is 8.25. The summed E-state index contributed by atoms with van der Waals surface area (Å²) in [6.45, 7) is 6.65. The molecule has 2 atom stereocenters. The molecule has 2 aromatic rings. The molecule has 1 N–H and O–H groups in total. The van der Waals surface area contributed by atoms with Crippen LogP contribution in [0.25, 0.3) is 0 Å². The van der Waals surface area contributed by atoms with Crippen LogP contribution < -0.4 is 5.32 Å². The van der Waals surface area contributed by atoms with Crippen LogP contribution in [0, 0.1) is 0 Å². The molecule has 1 fully saturated rings. The van der Waals surface area contributed by atoms with E-state index in [9.17, 15) is 0 Å². The van der Waals surface area contributed by atoms with Crippen LogP contribution in [-0.4, -0.2) is 22.4 Å². The van der Waals surface area contributed by atoms with E-state index >= 15 is 0 Å². The highest BCUT2D eigenvalue weighted by Crippen LogP contribution is 2.28. The fraction of sp³-hybridized carbons (Fsp3) is 0.588. The Morgan fingerprint density at radius 3 is 2.91 bits per heavy atom. The van der Waals surface area contributed by atoms with Crippen molar-refractivity contribution in [1.82, 2.24) is 15.1 Å². The lowest BCUT2D eigenvalue weighted by Gasteiger charge is -2.31. The van der Waals surface area contributed by atoms with Gasteiger partial charge in [0, 0.05) is 37.4 Å². The van der Waals surface area contributed by atoms with Gasteiger partial charge >= 0.3 is 0 Å². The van der Waals surface area contributed by atoms with E-state index in [1.807, 2.05) is 10.9 Å². The van der Waals surface area contributed by atoms with Crippen molar-refractivity contribution >= 4 is 0 Å². The molecule has 1 aliphatic rings. The van der Waals surface area contributed by atoms with E-state index in [4.69, 9.17) is 9.15 Å². The number of hydrogen-bond donors (Lipinski definition) is 1. The van der Waals surface area contributed by atoms with Crippen molar-refractivity contribution in [2.45, 2.75) is 58.3 Å². The van der Waals surface area contributed by atoms with Crippen LogP contribution >= 0.6 is 0 Å². The topological polar surface area (TPSA) is 52.2 Å². The number of nitrogens with one attached hydrogen (secondary N) is 1.